The van der Waals surface area contributed by atoms with Crippen LogP contribution >= 0.6 is 23.5 Å². The summed E-state index contributed by atoms with van der Waals surface area (Å²) in [6.45, 7) is 20.5. The maximum atomic E-state index is 10.6. The van der Waals surface area contributed by atoms with Crippen molar-refractivity contribution < 1.29 is 14.4 Å². The van der Waals surface area contributed by atoms with Crippen LogP contribution in [0, 0.1) is 10.1 Å². The fourth-order valence-electron chi connectivity index (χ4n) is 5.36. The summed E-state index contributed by atoms with van der Waals surface area (Å²) in [6, 6.07) is 27.4. The molecule has 0 aromatic heterocycles. The third kappa shape index (κ3) is 89.7. The Bertz CT molecular complexity index is 1620. The highest BCUT2D eigenvalue weighted by molar-refractivity contribution is 7.99. The molecule has 0 saturated carbocycles. The van der Waals surface area contributed by atoms with E-state index in [1.807, 2.05) is 63.4 Å². The molecule has 1 aliphatic heterocycles. The number of methoxy groups -OCH3 is 1. The van der Waals surface area contributed by atoms with E-state index in [1.165, 1.54) is 22.9 Å². The molecule has 1 saturated heterocycles. The topological polar surface area (TPSA) is 432 Å². The van der Waals surface area contributed by atoms with Gasteiger partial charge in [0.15, 0.2) is 5.90 Å². The minimum Gasteiger partial charge on any atom is -0.481 e. The molecule has 0 spiro atoms. The zero-order valence-electron chi connectivity index (χ0n) is 53.9. The molecule has 1 aliphatic rings. The predicted molar refractivity (Wildman–Crippen MR) is 371 cm³/mol. The molecule has 496 valence electrons. The molecule has 24 nitrogen and oxygen atoms in total. The van der Waals surface area contributed by atoms with E-state index in [4.69, 9.17) is 73.5 Å². The van der Waals surface area contributed by atoms with Gasteiger partial charge >= 0.3 is 0 Å². The van der Waals surface area contributed by atoms with Crippen molar-refractivity contribution in [3.8, 4) is 0 Å². The summed E-state index contributed by atoms with van der Waals surface area (Å²) in [4.78, 5) is 20.7. The quantitative estimate of drug-likeness (QED) is 0.0248. The fourth-order valence-corrected chi connectivity index (χ4v) is 6.05. The summed E-state index contributed by atoms with van der Waals surface area (Å²) in [5.41, 5.74) is 65.4. The van der Waals surface area contributed by atoms with Gasteiger partial charge in [0.25, 0.3) is 5.69 Å². The van der Waals surface area contributed by atoms with Crippen LogP contribution in [0.15, 0.2) is 89.9 Å². The number of benzene rings is 3. The number of nitrogens with two attached hydrogens (primary N) is 12. The van der Waals surface area contributed by atoms with Gasteiger partial charge in [-0.2, -0.15) is 23.5 Å². The second-order valence-corrected chi connectivity index (χ2v) is 20.3. The van der Waals surface area contributed by atoms with E-state index < -0.39 is 0 Å². The average Bonchev–Trinajstić information content (AvgIpc) is 4.11. The van der Waals surface area contributed by atoms with Gasteiger partial charge in [0.05, 0.1) is 24.7 Å². The molecule has 27 N–H and O–H groups in total. The Kier molecular flexibility index (Phi) is 96.3. The zero-order valence-corrected chi connectivity index (χ0v) is 55.5. The van der Waals surface area contributed by atoms with Gasteiger partial charge in [0.2, 0.25) is 0 Å². The van der Waals surface area contributed by atoms with E-state index >= 15 is 0 Å². The maximum Gasteiger partial charge on any atom is 0.273 e. The van der Waals surface area contributed by atoms with Crippen molar-refractivity contribution in [2.75, 3.05) is 210 Å². The number of aliphatic imine (C=N–C) groups is 1. The molecule has 84 heavy (non-hydrogen) atoms. The van der Waals surface area contributed by atoms with Crippen molar-refractivity contribution in [3.63, 3.8) is 0 Å². The predicted octanol–water partition coefficient (Wildman–Crippen LogP) is 0.679. The van der Waals surface area contributed by atoms with Gasteiger partial charge in [-0.15, -0.1) is 0 Å². The molecule has 26 heteroatoms. The number of hydrogen-bond acceptors (Lipinski definition) is 25. The van der Waals surface area contributed by atoms with Crippen LogP contribution in [0.1, 0.15) is 42.9 Å². The van der Waals surface area contributed by atoms with Crippen molar-refractivity contribution in [1.29, 1.82) is 0 Å². The standard InChI is InChI=1S/C10H16N2.C9H13N3O2.C9H14N2.C6H12N2O.C5H14N2.C4H12N2.C4H11NS.C3H10N2.C3H9NO.C3H9NS.C2H8N2/c1-12(8-7-11)9-10-5-3-2-4-6-10;10-5-6-11-7-8-3-1-2-4-9(8)12(13)14;10-6-7-11-8-9-4-2-1-3-5-9;7-3-4-8-6-2-1-5-9-6;1-7(2)5-3-4-6;1-6(2)4-3-5;1-2-6-4-3-5;3*1-5-3-2-4;3-1-2-4/h2-6H,7-9,11H2,1H3;1-4,11H,5-7,10H2;1-5,11H,6-8,10H2;1-5,7H2;3-6H2,1-2H3;3-5H2,1-2H3;2-5H2,1H3;5H,2-4H2,1H3;2*2-4H2,1H3;1-4H2. The summed E-state index contributed by atoms with van der Waals surface area (Å²) in [5.74, 6) is 4.27. The maximum absolute atomic E-state index is 10.6. The molecule has 1 fully saturated rings. The van der Waals surface area contributed by atoms with E-state index in [1.54, 1.807) is 37.1 Å². The Morgan fingerprint density at radius 2 is 1.14 bits per heavy atom. The third-order valence-electron chi connectivity index (χ3n) is 9.40. The lowest BCUT2D eigenvalue weighted by Crippen LogP contribution is -2.24. The van der Waals surface area contributed by atoms with Crippen LogP contribution in [-0.2, 0) is 29.1 Å². The number of nitro groups is 1. The van der Waals surface area contributed by atoms with Crippen molar-refractivity contribution in [2.45, 2.75) is 45.8 Å². The van der Waals surface area contributed by atoms with Gasteiger partial charge in [-0.05, 0) is 91.4 Å². The second-order valence-electron chi connectivity index (χ2n) is 17.9. The Hall–Kier alpha value is -3.53. The van der Waals surface area contributed by atoms with Gasteiger partial charge in [0, 0.05) is 161 Å². The summed E-state index contributed by atoms with van der Waals surface area (Å²) in [7, 11) is 13.7. The van der Waals surface area contributed by atoms with Crippen LogP contribution in [0.25, 0.3) is 0 Å². The van der Waals surface area contributed by atoms with Crippen LogP contribution in [0.5, 0.6) is 0 Å². The zero-order chi connectivity index (χ0) is 65.0. The molecule has 1 heterocycles. The molecule has 3 aromatic rings. The van der Waals surface area contributed by atoms with Gasteiger partial charge in [-0.3, -0.25) is 15.1 Å². The van der Waals surface area contributed by atoms with Crippen LogP contribution in [0.4, 0.5) is 5.69 Å². The van der Waals surface area contributed by atoms with Gasteiger partial charge in [-0.25, -0.2) is 0 Å². The Labute approximate surface area is 519 Å². The first-order valence-electron chi connectivity index (χ1n) is 29.0. The lowest BCUT2D eigenvalue weighted by atomic mass is 10.2. The van der Waals surface area contributed by atoms with Gasteiger partial charge < -0.3 is 109 Å². The number of nitrogens with one attached hydrogen (secondary N) is 3. The van der Waals surface area contributed by atoms with Crippen molar-refractivity contribution in [2.24, 2.45) is 73.8 Å². The van der Waals surface area contributed by atoms with Crippen molar-refractivity contribution >= 4 is 35.1 Å². The first-order chi connectivity index (χ1) is 40.6. The molecular formula is C58H128N20O4S2. The first kappa shape index (κ1) is 94.2. The molecule has 3 aromatic carbocycles. The second kappa shape index (κ2) is 85.9. The Balaban J connectivity index is -0.000000159. The van der Waals surface area contributed by atoms with Crippen LogP contribution in [-0.4, -0.2) is 236 Å². The fraction of sp³-hybridized carbons (Fsp3) is 0.672. The number of para-hydroxylation sites is 1. The van der Waals surface area contributed by atoms with E-state index in [2.05, 4.69) is 105 Å². The summed E-state index contributed by atoms with van der Waals surface area (Å²) in [6.07, 6.45) is 5.27. The van der Waals surface area contributed by atoms with E-state index in [0.717, 1.165) is 128 Å². The molecular weight excluding hydrogens is 1100 g/mol. The molecule has 0 bridgehead atoms. The summed E-state index contributed by atoms with van der Waals surface area (Å²) in [5, 5.41) is 19.7. The number of ether oxygens (including phenoxy) is 2. The molecule has 0 radical (unpaired) electrons. The van der Waals surface area contributed by atoms with E-state index in [0.29, 0.717) is 71.1 Å². The number of hydrogen-bond donors (Lipinski definition) is 15. The highest BCUT2D eigenvalue weighted by Crippen LogP contribution is 2.16. The highest BCUT2D eigenvalue weighted by Gasteiger charge is 2.11. The lowest BCUT2D eigenvalue weighted by Gasteiger charge is -2.14. The van der Waals surface area contributed by atoms with Gasteiger partial charge in [0.1, 0.15) is 0 Å². The number of rotatable bonds is 30. The first-order valence-corrected chi connectivity index (χ1v) is 31.6. The molecule has 0 atom stereocenters. The Morgan fingerprint density at radius 1 is 0.619 bits per heavy atom. The summed E-state index contributed by atoms with van der Waals surface area (Å²) >= 11 is 3.66. The molecule has 0 unspecified atom stereocenters. The monoisotopic (exact) mass is 1230 g/mol. The largest absolute Gasteiger partial charge is 0.481 e. The van der Waals surface area contributed by atoms with Crippen molar-refractivity contribution in [3.05, 3.63) is 112 Å². The highest BCUT2D eigenvalue weighted by atomic mass is 32.2. The molecule has 0 aliphatic carbocycles. The minimum absolute atomic E-state index is 0.150. The van der Waals surface area contributed by atoms with E-state index in [-0.39, 0.29) is 10.6 Å². The summed E-state index contributed by atoms with van der Waals surface area (Å²) < 4.78 is 9.72. The van der Waals surface area contributed by atoms with Crippen molar-refractivity contribution in [1.82, 2.24) is 30.7 Å². The number of nitrogens with zero attached hydrogens (tertiary/aromatic N) is 5. The molecule has 0 amide bonds. The number of nitro benzene ring substituents is 1. The average molecular weight is 1230 g/mol. The van der Waals surface area contributed by atoms with Crippen LogP contribution in [0.3, 0.4) is 0 Å². The van der Waals surface area contributed by atoms with Gasteiger partial charge in [-0.1, -0.05) is 85.8 Å². The smallest absolute Gasteiger partial charge is 0.273 e. The third-order valence-corrected chi connectivity index (χ3v) is 11.0. The number of likely N-dealkylation sites (N-methyl/N-ethyl adjacent to an activating group) is 3. The SMILES string of the molecule is CCSCCN.CN(C)CCCN.CN(C)CCN.CN(CCN)Cc1ccccc1.CNCCN.COCCN.CSCCN.NCCN.NCCN=C1CCCO1.NCCNCc1ccccc1.NCCNCc1ccccc1[N+](=O)[O-]. The molecule has 4 rings (SSSR count). The van der Waals surface area contributed by atoms with E-state index in [9.17, 15) is 10.1 Å². The minimum atomic E-state index is -0.376. The van der Waals surface area contributed by atoms with Crippen LogP contribution < -0.4 is 84.8 Å². The number of thioether (sulfide) groups is 2. The normalized spacial score (nSPS) is 11.0. The lowest BCUT2D eigenvalue weighted by molar-refractivity contribution is -0.385. The Morgan fingerprint density at radius 3 is 1.46 bits per heavy atom. The van der Waals surface area contributed by atoms with Crippen LogP contribution in [0.2, 0.25) is 0 Å².